The number of imidazole rings is 1. The summed E-state index contributed by atoms with van der Waals surface area (Å²) in [6.45, 7) is 0.187. The van der Waals surface area contributed by atoms with Crippen molar-refractivity contribution < 1.29 is 43.2 Å². The van der Waals surface area contributed by atoms with Crippen LogP contribution in [0.1, 0.15) is 67.1 Å². The Morgan fingerprint density at radius 1 is 0.852 bits per heavy atom. The molecule has 54 heavy (non-hydrogen) atoms. The maximum Gasteiger partial charge on any atom is 0.303 e. The number of aromatic nitrogens is 4. The molecule has 3 unspecified atom stereocenters. The number of anilines is 1. The molecule has 5 aromatic rings. The summed E-state index contributed by atoms with van der Waals surface area (Å²) in [6, 6.07) is 23.3. The van der Waals surface area contributed by atoms with Gasteiger partial charge in [-0.25, -0.2) is 19.9 Å². The molecule has 2 N–H and O–H groups in total. The standard InChI is InChI=1S/C40H41N5O9/c1-50-28-12-6-25(7-13-28)40(26-8-14-29(51-2)15-9-26,27-10-16-30(52-3)17-11-27)53-22-31-18-19-32(54-31)36-43-37-35(41-23-42-37)38(44-36)45-33(46)20-4-24(39(45)49)5-21-34(47)48/h6-17,23-24,31-32H,4-5,18-22H2,1-3H3,(H,47,48)(H,41,42,43,44). The van der Waals surface area contributed by atoms with Crippen molar-refractivity contribution in [3.8, 4) is 17.2 Å². The summed E-state index contributed by atoms with van der Waals surface area (Å²) in [5.74, 6) is -0.0468. The number of carboxylic acids is 1. The Balaban J connectivity index is 1.19. The number of rotatable bonds is 14. The molecule has 4 heterocycles. The van der Waals surface area contributed by atoms with Crippen LogP contribution in [0, 0.1) is 5.92 Å². The van der Waals surface area contributed by atoms with Crippen LogP contribution in [-0.4, -0.2) is 76.9 Å². The minimum Gasteiger partial charge on any atom is -0.497 e. The lowest BCUT2D eigenvalue weighted by atomic mass is 9.80. The topological polar surface area (TPSA) is 175 Å². The van der Waals surface area contributed by atoms with Crippen LogP contribution in [-0.2, 0) is 29.5 Å². The van der Waals surface area contributed by atoms with Gasteiger partial charge in [-0.1, -0.05) is 36.4 Å². The molecule has 2 saturated heterocycles. The number of carboxylic acid groups (broad SMARTS) is 1. The fraction of sp³-hybridized carbons (Fsp3) is 0.350. The van der Waals surface area contributed by atoms with Crippen LogP contribution in [0.25, 0.3) is 11.2 Å². The molecular weight excluding hydrogens is 694 g/mol. The van der Waals surface area contributed by atoms with Gasteiger partial charge in [0.05, 0.1) is 40.4 Å². The van der Waals surface area contributed by atoms with E-state index in [0.717, 1.165) is 21.6 Å². The molecule has 14 heteroatoms. The highest BCUT2D eigenvalue weighted by Crippen LogP contribution is 2.44. The number of imide groups is 1. The fourth-order valence-corrected chi connectivity index (χ4v) is 7.23. The Kier molecular flexibility index (Phi) is 10.6. The highest BCUT2D eigenvalue weighted by molar-refractivity contribution is 6.19. The van der Waals surface area contributed by atoms with Gasteiger partial charge < -0.3 is 33.8 Å². The van der Waals surface area contributed by atoms with E-state index in [0.29, 0.717) is 35.6 Å². The summed E-state index contributed by atoms with van der Waals surface area (Å²) in [7, 11) is 4.87. The highest BCUT2D eigenvalue weighted by atomic mass is 16.6. The number of aromatic amines is 1. The van der Waals surface area contributed by atoms with E-state index in [9.17, 15) is 19.5 Å². The second kappa shape index (κ2) is 15.6. The van der Waals surface area contributed by atoms with Gasteiger partial charge in [0, 0.05) is 18.8 Å². The molecule has 0 radical (unpaired) electrons. The molecule has 0 aliphatic carbocycles. The lowest BCUT2D eigenvalue weighted by molar-refractivity contribution is -0.137. The first-order chi connectivity index (χ1) is 26.2. The Bertz CT molecular complexity index is 2000. The molecule has 14 nitrogen and oxygen atoms in total. The largest absolute Gasteiger partial charge is 0.497 e. The zero-order valence-electron chi connectivity index (χ0n) is 30.2. The number of ether oxygens (including phenoxy) is 5. The summed E-state index contributed by atoms with van der Waals surface area (Å²) in [5.41, 5.74) is 2.12. The molecular formula is C40H41N5O9. The van der Waals surface area contributed by atoms with E-state index in [1.165, 1.54) is 6.33 Å². The number of nitrogens with zero attached hydrogens (tertiary/aromatic N) is 4. The monoisotopic (exact) mass is 735 g/mol. The number of nitrogens with one attached hydrogen (secondary N) is 1. The van der Waals surface area contributed by atoms with Gasteiger partial charge in [-0.2, -0.15) is 0 Å². The van der Waals surface area contributed by atoms with E-state index in [4.69, 9.17) is 28.7 Å². The van der Waals surface area contributed by atoms with Crippen LogP contribution in [0.4, 0.5) is 5.82 Å². The summed E-state index contributed by atoms with van der Waals surface area (Å²) >= 11 is 0. The van der Waals surface area contributed by atoms with Gasteiger partial charge in [0.25, 0.3) is 0 Å². The van der Waals surface area contributed by atoms with E-state index in [2.05, 4.69) is 15.0 Å². The molecule has 280 valence electrons. The maximum absolute atomic E-state index is 13.6. The normalized spacial score (nSPS) is 18.9. The summed E-state index contributed by atoms with van der Waals surface area (Å²) in [4.78, 5) is 55.7. The Hall–Kier alpha value is -5.86. The van der Waals surface area contributed by atoms with Crippen molar-refractivity contribution in [2.75, 3.05) is 32.8 Å². The zero-order valence-corrected chi connectivity index (χ0v) is 30.2. The fourth-order valence-electron chi connectivity index (χ4n) is 7.23. The van der Waals surface area contributed by atoms with E-state index < -0.39 is 35.4 Å². The van der Waals surface area contributed by atoms with Gasteiger partial charge in [-0.05, 0) is 78.8 Å². The van der Waals surface area contributed by atoms with Crippen LogP contribution in [0.3, 0.4) is 0 Å². The van der Waals surface area contributed by atoms with Crippen LogP contribution < -0.4 is 19.1 Å². The van der Waals surface area contributed by atoms with Crippen LogP contribution >= 0.6 is 0 Å². The van der Waals surface area contributed by atoms with Gasteiger partial charge >= 0.3 is 5.97 Å². The summed E-state index contributed by atoms with van der Waals surface area (Å²) < 4.78 is 30.1. The number of methoxy groups -OCH3 is 3. The van der Waals surface area contributed by atoms with Crippen molar-refractivity contribution in [1.29, 1.82) is 0 Å². The van der Waals surface area contributed by atoms with Crippen molar-refractivity contribution in [2.45, 2.75) is 56.3 Å². The number of amides is 2. The molecule has 7 rings (SSSR count). The van der Waals surface area contributed by atoms with Crippen molar-refractivity contribution in [2.24, 2.45) is 5.92 Å². The SMILES string of the molecule is COc1ccc(C(OCC2CCC(c3nc(N4C(=O)CCC(CCC(=O)O)C4=O)c4[nH]cnc4n3)O2)(c2ccc(OC)cc2)c2ccc(OC)cc2)cc1. The molecule has 0 saturated carbocycles. The van der Waals surface area contributed by atoms with E-state index in [-0.39, 0.29) is 55.7 Å². The van der Waals surface area contributed by atoms with E-state index >= 15 is 0 Å². The maximum atomic E-state index is 13.6. The summed E-state index contributed by atoms with van der Waals surface area (Å²) in [5, 5.41) is 9.21. The number of carbonyl (C=O) groups excluding carboxylic acids is 2. The Labute approximate surface area is 311 Å². The molecule has 0 bridgehead atoms. The third-order valence-corrected chi connectivity index (χ3v) is 10.1. The number of H-pyrrole nitrogens is 1. The van der Waals surface area contributed by atoms with Gasteiger partial charge in [0.1, 0.15) is 34.5 Å². The average molecular weight is 736 g/mol. The smallest absolute Gasteiger partial charge is 0.303 e. The number of carbonyl (C=O) groups is 3. The van der Waals surface area contributed by atoms with Crippen molar-refractivity contribution in [3.63, 3.8) is 0 Å². The van der Waals surface area contributed by atoms with Crippen molar-refractivity contribution >= 4 is 34.8 Å². The van der Waals surface area contributed by atoms with Gasteiger partial charge in [0.2, 0.25) is 11.8 Å². The Morgan fingerprint density at radius 2 is 1.43 bits per heavy atom. The third-order valence-electron chi connectivity index (χ3n) is 10.1. The first kappa shape index (κ1) is 36.5. The minimum absolute atomic E-state index is 0.0860. The zero-order chi connectivity index (χ0) is 37.8. The predicted molar refractivity (Wildman–Crippen MR) is 195 cm³/mol. The van der Waals surface area contributed by atoms with Crippen molar-refractivity contribution in [1.82, 2.24) is 19.9 Å². The quantitative estimate of drug-likeness (QED) is 0.105. The Morgan fingerprint density at radius 3 is 1.96 bits per heavy atom. The van der Waals surface area contributed by atoms with Gasteiger partial charge in [-0.3, -0.25) is 14.4 Å². The minimum atomic E-state index is -1.09. The number of hydrogen-bond acceptors (Lipinski definition) is 11. The lowest BCUT2D eigenvalue weighted by Gasteiger charge is -2.37. The third kappa shape index (κ3) is 7.09. The number of piperidine rings is 1. The molecule has 2 aliphatic heterocycles. The number of benzene rings is 3. The van der Waals surface area contributed by atoms with E-state index in [1.807, 2.05) is 72.8 Å². The molecule has 2 fully saturated rings. The number of aliphatic carboxylic acids is 1. The first-order valence-corrected chi connectivity index (χ1v) is 17.8. The number of fused-ring (bicyclic) bond motifs is 1. The molecule has 3 atom stereocenters. The second-order valence-electron chi connectivity index (χ2n) is 13.2. The highest BCUT2D eigenvalue weighted by Gasteiger charge is 2.41. The molecule has 2 amide bonds. The molecule has 3 aromatic carbocycles. The summed E-state index contributed by atoms with van der Waals surface area (Å²) in [6.07, 6.45) is 1.96. The predicted octanol–water partition coefficient (Wildman–Crippen LogP) is 5.74. The van der Waals surface area contributed by atoms with Crippen LogP contribution in [0.5, 0.6) is 17.2 Å². The molecule has 0 spiro atoms. The molecule has 2 aliphatic rings. The van der Waals surface area contributed by atoms with Crippen LogP contribution in [0.2, 0.25) is 0 Å². The average Bonchev–Trinajstić information content (AvgIpc) is 3.89. The van der Waals surface area contributed by atoms with E-state index in [1.54, 1.807) is 21.3 Å². The lowest BCUT2D eigenvalue weighted by Crippen LogP contribution is -2.46. The number of hydrogen-bond donors (Lipinski definition) is 2. The van der Waals surface area contributed by atoms with Gasteiger partial charge in [0.15, 0.2) is 17.3 Å². The second-order valence-corrected chi connectivity index (χ2v) is 13.2. The van der Waals surface area contributed by atoms with Crippen molar-refractivity contribution in [3.05, 3.63) is 102 Å². The van der Waals surface area contributed by atoms with Gasteiger partial charge in [-0.15, -0.1) is 0 Å². The first-order valence-electron chi connectivity index (χ1n) is 17.8. The molecule has 2 aromatic heterocycles. The van der Waals surface area contributed by atoms with Crippen LogP contribution in [0.15, 0.2) is 79.1 Å².